The van der Waals surface area contributed by atoms with Gasteiger partial charge in [0.25, 0.3) is 0 Å². The van der Waals surface area contributed by atoms with Gasteiger partial charge in [-0.3, -0.25) is 4.79 Å². The van der Waals surface area contributed by atoms with Crippen LogP contribution in [0, 0.1) is 12.8 Å². The average molecular weight is 353 g/mol. The molecule has 1 aromatic carbocycles. The zero-order chi connectivity index (χ0) is 17.7. The molecule has 1 heterocycles. The summed E-state index contributed by atoms with van der Waals surface area (Å²) < 4.78 is 27.1. The van der Waals surface area contributed by atoms with E-state index >= 15 is 0 Å². The Morgan fingerprint density at radius 1 is 1.04 bits per heavy atom. The van der Waals surface area contributed by atoms with Crippen LogP contribution in [0.2, 0.25) is 0 Å². The van der Waals surface area contributed by atoms with Crippen molar-refractivity contribution in [1.29, 1.82) is 0 Å². The zero-order valence-corrected chi connectivity index (χ0v) is 15.7. The summed E-state index contributed by atoms with van der Waals surface area (Å²) in [7, 11) is -3.49. The summed E-state index contributed by atoms with van der Waals surface area (Å²) in [6.07, 6.45) is 2.34. The van der Waals surface area contributed by atoms with Crippen LogP contribution in [0.25, 0.3) is 0 Å². The fourth-order valence-electron chi connectivity index (χ4n) is 3.11. The molecule has 6 heteroatoms. The Morgan fingerprint density at radius 3 is 2.25 bits per heavy atom. The largest absolute Gasteiger partial charge is 0.341 e. The highest BCUT2D eigenvalue weighted by Crippen LogP contribution is 2.20. The van der Waals surface area contributed by atoms with Gasteiger partial charge in [-0.1, -0.05) is 31.5 Å². The second-order valence-electron chi connectivity index (χ2n) is 6.41. The number of carbonyl (C=O) groups is 1. The molecule has 0 aromatic heterocycles. The first-order valence-corrected chi connectivity index (χ1v) is 10.2. The van der Waals surface area contributed by atoms with Crippen LogP contribution in [0.1, 0.15) is 38.7 Å². The van der Waals surface area contributed by atoms with Crippen LogP contribution >= 0.6 is 0 Å². The average Bonchev–Trinajstić information content (AvgIpc) is 2.83. The molecule has 2 rings (SSSR count). The minimum atomic E-state index is -3.49. The van der Waals surface area contributed by atoms with Gasteiger partial charge in [-0.05, 0) is 38.3 Å². The summed E-state index contributed by atoms with van der Waals surface area (Å²) in [6, 6.07) is 6.94. The number of aryl methyl sites for hydroxylation is 1. The van der Waals surface area contributed by atoms with Crippen molar-refractivity contribution in [2.24, 2.45) is 5.92 Å². The van der Waals surface area contributed by atoms with Crippen LogP contribution in [-0.2, 0) is 14.8 Å². The monoisotopic (exact) mass is 352 g/mol. The van der Waals surface area contributed by atoms with Crippen molar-refractivity contribution in [3.05, 3.63) is 29.8 Å². The molecule has 0 radical (unpaired) electrons. The molecule has 1 saturated heterocycles. The third-order valence-corrected chi connectivity index (χ3v) is 6.67. The smallest absolute Gasteiger partial charge is 0.243 e. The van der Waals surface area contributed by atoms with Crippen LogP contribution in [0.3, 0.4) is 0 Å². The molecule has 24 heavy (non-hydrogen) atoms. The standard InChI is InChI=1S/C18H28N2O3S/c1-4-16(5-2)18(21)19-11-6-12-20(14-13-19)24(22,23)17-9-7-15(3)8-10-17/h7-10,16H,4-6,11-14H2,1-3H3. The summed E-state index contributed by atoms with van der Waals surface area (Å²) in [5.74, 6) is 0.208. The summed E-state index contributed by atoms with van der Waals surface area (Å²) in [5.41, 5.74) is 1.03. The molecule has 1 amide bonds. The van der Waals surface area contributed by atoms with E-state index in [1.54, 1.807) is 12.1 Å². The van der Waals surface area contributed by atoms with E-state index in [9.17, 15) is 13.2 Å². The van der Waals surface area contributed by atoms with Crippen molar-refractivity contribution in [2.45, 2.75) is 44.9 Å². The van der Waals surface area contributed by atoms with Gasteiger partial charge < -0.3 is 4.90 Å². The van der Waals surface area contributed by atoms with Gasteiger partial charge in [0.05, 0.1) is 4.90 Å². The fraction of sp³-hybridized carbons (Fsp3) is 0.611. The SMILES string of the molecule is CCC(CC)C(=O)N1CCCN(S(=O)(=O)c2ccc(C)cc2)CC1. The maximum absolute atomic E-state index is 12.8. The number of sulfonamides is 1. The van der Waals surface area contributed by atoms with Crippen LogP contribution in [-0.4, -0.2) is 49.7 Å². The van der Waals surface area contributed by atoms with Gasteiger partial charge in [0.2, 0.25) is 15.9 Å². The van der Waals surface area contributed by atoms with E-state index in [0.29, 0.717) is 37.5 Å². The number of hydrogen-bond donors (Lipinski definition) is 0. The second kappa shape index (κ2) is 8.12. The molecule has 0 atom stereocenters. The van der Waals surface area contributed by atoms with Crippen LogP contribution in [0.15, 0.2) is 29.2 Å². The lowest BCUT2D eigenvalue weighted by Crippen LogP contribution is -2.39. The lowest BCUT2D eigenvalue weighted by atomic mass is 10.0. The van der Waals surface area contributed by atoms with Crippen molar-refractivity contribution >= 4 is 15.9 Å². The van der Waals surface area contributed by atoms with E-state index in [4.69, 9.17) is 0 Å². The molecule has 134 valence electrons. The van der Waals surface area contributed by atoms with Gasteiger partial charge in [0.15, 0.2) is 0 Å². The highest BCUT2D eigenvalue weighted by Gasteiger charge is 2.29. The van der Waals surface area contributed by atoms with Gasteiger partial charge in [-0.15, -0.1) is 0 Å². The normalized spacial score (nSPS) is 17.1. The molecule has 0 aliphatic carbocycles. The van der Waals surface area contributed by atoms with Gasteiger partial charge in [0.1, 0.15) is 0 Å². The maximum atomic E-state index is 12.8. The molecule has 0 bridgehead atoms. The molecule has 5 nitrogen and oxygen atoms in total. The second-order valence-corrected chi connectivity index (χ2v) is 8.35. The minimum absolute atomic E-state index is 0.0465. The van der Waals surface area contributed by atoms with Crippen molar-refractivity contribution in [3.63, 3.8) is 0 Å². The molecule has 0 unspecified atom stereocenters. The van der Waals surface area contributed by atoms with E-state index in [0.717, 1.165) is 18.4 Å². The number of benzene rings is 1. The Bertz CT molecular complexity index is 651. The zero-order valence-electron chi connectivity index (χ0n) is 14.9. The number of amides is 1. The number of hydrogen-bond acceptors (Lipinski definition) is 3. The summed E-state index contributed by atoms with van der Waals surface area (Å²) in [6.45, 7) is 7.92. The van der Waals surface area contributed by atoms with E-state index < -0.39 is 10.0 Å². The van der Waals surface area contributed by atoms with Crippen molar-refractivity contribution < 1.29 is 13.2 Å². The summed E-state index contributed by atoms with van der Waals surface area (Å²) in [5, 5.41) is 0. The minimum Gasteiger partial charge on any atom is -0.341 e. The maximum Gasteiger partial charge on any atom is 0.243 e. The highest BCUT2D eigenvalue weighted by atomic mass is 32.2. The molecule has 1 aromatic rings. The number of nitrogens with zero attached hydrogens (tertiary/aromatic N) is 2. The molecule has 0 spiro atoms. The highest BCUT2D eigenvalue weighted by molar-refractivity contribution is 7.89. The van der Waals surface area contributed by atoms with Crippen molar-refractivity contribution in [3.8, 4) is 0 Å². The Morgan fingerprint density at radius 2 is 1.67 bits per heavy atom. The topological polar surface area (TPSA) is 57.7 Å². The Kier molecular flexibility index (Phi) is 6.40. The number of rotatable bonds is 5. The fourth-order valence-corrected chi connectivity index (χ4v) is 4.58. The van der Waals surface area contributed by atoms with Gasteiger partial charge in [-0.2, -0.15) is 4.31 Å². The third-order valence-electron chi connectivity index (χ3n) is 4.76. The Labute approximate surface area is 145 Å². The van der Waals surface area contributed by atoms with E-state index in [1.165, 1.54) is 4.31 Å². The predicted octanol–water partition coefficient (Wildman–Crippen LogP) is 2.65. The quantitative estimate of drug-likeness (QED) is 0.818. The summed E-state index contributed by atoms with van der Waals surface area (Å²) >= 11 is 0. The van der Waals surface area contributed by atoms with Crippen LogP contribution in [0.4, 0.5) is 0 Å². The van der Waals surface area contributed by atoms with Crippen LogP contribution < -0.4 is 0 Å². The Hall–Kier alpha value is -1.40. The van der Waals surface area contributed by atoms with Crippen LogP contribution in [0.5, 0.6) is 0 Å². The molecular formula is C18H28N2O3S. The first kappa shape index (κ1) is 18.9. The van der Waals surface area contributed by atoms with E-state index in [2.05, 4.69) is 0 Å². The van der Waals surface area contributed by atoms with E-state index in [-0.39, 0.29) is 11.8 Å². The Balaban J connectivity index is 2.10. The lowest BCUT2D eigenvalue weighted by molar-refractivity contribution is -0.135. The van der Waals surface area contributed by atoms with Crippen molar-refractivity contribution in [1.82, 2.24) is 9.21 Å². The molecular weight excluding hydrogens is 324 g/mol. The molecule has 1 aliphatic heterocycles. The van der Waals surface area contributed by atoms with E-state index in [1.807, 2.05) is 37.8 Å². The first-order valence-electron chi connectivity index (χ1n) is 8.75. The number of carbonyl (C=O) groups excluding carboxylic acids is 1. The molecule has 1 aliphatic rings. The molecule has 0 N–H and O–H groups in total. The summed E-state index contributed by atoms with van der Waals surface area (Å²) in [4.78, 5) is 14.7. The molecule has 0 saturated carbocycles. The van der Waals surface area contributed by atoms with Gasteiger partial charge in [-0.25, -0.2) is 8.42 Å². The van der Waals surface area contributed by atoms with Crippen molar-refractivity contribution in [2.75, 3.05) is 26.2 Å². The predicted molar refractivity (Wildman–Crippen MR) is 95.2 cm³/mol. The first-order chi connectivity index (χ1) is 11.4. The van der Waals surface area contributed by atoms with Gasteiger partial charge >= 0.3 is 0 Å². The van der Waals surface area contributed by atoms with Gasteiger partial charge in [0, 0.05) is 32.1 Å². The lowest BCUT2D eigenvalue weighted by Gasteiger charge is -2.25. The molecule has 1 fully saturated rings. The third kappa shape index (κ3) is 4.16.